The smallest absolute Gasteiger partial charge is 0.143 e. The van der Waals surface area contributed by atoms with E-state index in [1.807, 2.05) is 38.1 Å². The van der Waals surface area contributed by atoms with Crippen molar-refractivity contribution in [3.63, 3.8) is 0 Å². The van der Waals surface area contributed by atoms with E-state index in [1.165, 1.54) is 0 Å². The van der Waals surface area contributed by atoms with Crippen LogP contribution in [0, 0.1) is 0 Å². The number of aromatic nitrogens is 1. The van der Waals surface area contributed by atoms with Crippen molar-refractivity contribution < 1.29 is 4.74 Å². The van der Waals surface area contributed by atoms with Crippen LogP contribution in [0.2, 0.25) is 10.0 Å². The summed E-state index contributed by atoms with van der Waals surface area (Å²) in [5.74, 6) is 1.02. The topological polar surface area (TPSA) is 48.1 Å². The minimum Gasteiger partial charge on any atom is -0.491 e. The molecule has 0 spiro atoms. The number of hydrogen-bond acceptors (Lipinski definition) is 3. The standard InChI is InChI=1S/C14H14Cl2N2O/c1-8(2)19-10-5-3-4-9(6-10)13-11(15)7-12(16)14(17)18-13/h3-8H,1-2H3,(H2,17,18). The summed E-state index contributed by atoms with van der Waals surface area (Å²) in [4.78, 5) is 4.22. The maximum atomic E-state index is 6.15. The molecule has 0 aliphatic heterocycles. The van der Waals surface area contributed by atoms with Gasteiger partial charge in [-0.3, -0.25) is 0 Å². The number of nitrogens with zero attached hydrogens (tertiary/aromatic N) is 1. The number of hydrogen-bond donors (Lipinski definition) is 1. The Labute approximate surface area is 122 Å². The van der Waals surface area contributed by atoms with E-state index < -0.39 is 0 Å². The van der Waals surface area contributed by atoms with Gasteiger partial charge in [0, 0.05) is 5.56 Å². The van der Waals surface area contributed by atoms with Crippen molar-refractivity contribution in [1.29, 1.82) is 0 Å². The van der Waals surface area contributed by atoms with E-state index in [0.29, 0.717) is 15.7 Å². The Balaban J connectivity index is 2.44. The maximum absolute atomic E-state index is 6.15. The van der Waals surface area contributed by atoms with E-state index in [0.717, 1.165) is 11.3 Å². The number of nitrogens with two attached hydrogens (primary N) is 1. The molecule has 2 N–H and O–H groups in total. The molecule has 5 heteroatoms. The van der Waals surface area contributed by atoms with E-state index in [9.17, 15) is 0 Å². The third-order valence-electron chi connectivity index (χ3n) is 2.44. The highest BCUT2D eigenvalue weighted by Gasteiger charge is 2.10. The molecule has 2 rings (SSSR count). The second kappa shape index (κ2) is 5.68. The van der Waals surface area contributed by atoms with E-state index in [1.54, 1.807) is 6.07 Å². The lowest BCUT2D eigenvalue weighted by atomic mass is 10.1. The van der Waals surface area contributed by atoms with Crippen LogP contribution in [0.15, 0.2) is 30.3 Å². The van der Waals surface area contributed by atoms with Crippen molar-refractivity contribution in [2.75, 3.05) is 5.73 Å². The van der Waals surface area contributed by atoms with Crippen molar-refractivity contribution in [2.24, 2.45) is 0 Å². The van der Waals surface area contributed by atoms with Crippen LogP contribution in [-0.4, -0.2) is 11.1 Å². The number of pyridine rings is 1. The van der Waals surface area contributed by atoms with Crippen molar-refractivity contribution in [3.05, 3.63) is 40.4 Å². The molecule has 0 saturated heterocycles. The van der Waals surface area contributed by atoms with Gasteiger partial charge >= 0.3 is 0 Å². The molecule has 0 radical (unpaired) electrons. The number of rotatable bonds is 3. The van der Waals surface area contributed by atoms with Gasteiger partial charge in [-0.15, -0.1) is 0 Å². The Morgan fingerprint density at radius 2 is 1.89 bits per heavy atom. The Morgan fingerprint density at radius 3 is 2.58 bits per heavy atom. The minimum absolute atomic E-state index is 0.106. The highest BCUT2D eigenvalue weighted by Crippen LogP contribution is 2.32. The molecule has 0 unspecified atom stereocenters. The molecule has 0 fully saturated rings. The number of anilines is 1. The Morgan fingerprint density at radius 1 is 1.16 bits per heavy atom. The first-order valence-corrected chi connectivity index (χ1v) is 6.61. The molecule has 2 aromatic rings. The largest absolute Gasteiger partial charge is 0.491 e. The van der Waals surface area contributed by atoms with Gasteiger partial charge in [0.2, 0.25) is 0 Å². The third kappa shape index (κ3) is 3.31. The summed E-state index contributed by atoms with van der Waals surface area (Å²) < 4.78 is 5.64. The number of benzene rings is 1. The van der Waals surface area contributed by atoms with Crippen LogP contribution in [0.3, 0.4) is 0 Å². The van der Waals surface area contributed by atoms with Gasteiger partial charge in [0.1, 0.15) is 11.6 Å². The van der Waals surface area contributed by atoms with Crippen molar-refractivity contribution in [2.45, 2.75) is 20.0 Å². The highest BCUT2D eigenvalue weighted by molar-refractivity contribution is 6.37. The summed E-state index contributed by atoms with van der Waals surface area (Å²) in [6.07, 6.45) is 0.106. The first-order valence-electron chi connectivity index (χ1n) is 5.86. The zero-order chi connectivity index (χ0) is 14.0. The molecule has 100 valence electrons. The molecular formula is C14H14Cl2N2O. The lowest BCUT2D eigenvalue weighted by Crippen LogP contribution is -2.05. The molecule has 1 heterocycles. The maximum Gasteiger partial charge on any atom is 0.143 e. The van der Waals surface area contributed by atoms with E-state index >= 15 is 0 Å². The van der Waals surface area contributed by atoms with Crippen LogP contribution in [-0.2, 0) is 0 Å². The summed E-state index contributed by atoms with van der Waals surface area (Å²) in [6, 6.07) is 9.14. The van der Waals surface area contributed by atoms with Gasteiger partial charge in [0.05, 0.1) is 21.8 Å². The zero-order valence-electron chi connectivity index (χ0n) is 10.7. The van der Waals surface area contributed by atoms with Gasteiger partial charge in [0.15, 0.2) is 0 Å². The summed E-state index contributed by atoms with van der Waals surface area (Å²) in [5.41, 5.74) is 7.15. The highest BCUT2D eigenvalue weighted by atomic mass is 35.5. The van der Waals surface area contributed by atoms with Crippen molar-refractivity contribution in [1.82, 2.24) is 4.98 Å². The average molecular weight is 297 g/mol. The Hall–Kier alpha value is -1.45. The van der Waals surface area contributed by atoms with Crippen molar-refractivity contribution in [3.8, 4) is 17.0 Å². The molecule has 0 atom stereocenters. The normalized spacial score (nSPS) is 10.8. The van der Waals surface area contributed by atoms with Gasteiger partial charge in [-0.2, -0.15) is 0 Å². The van der Waals surface area contributed by atoms with Gasteiger partial charge in [-0.05, 0) is 32.0 Å². The summed E-state index contributed by atoms with van der Waals surface area (Å²) in [7, 11) is 0. The molecule has 0 aliphatic carbocycles. The molecule has 19 heavy (non-hydrogen) atoms. The van der Waals surface area contributed by atoms with Crippen LogP contribution >= 0.6 is 23.2 Å². The fourth-order valence-electron chi connectivity index (χ4n) is 1.67. The summed E-state index contributed by atoms with van der Waals surface area (Å²) in [5, 5.41) is 0.809. The fraction of sp³-hybridized carbons (Fsp3) is 0.214. The first kappa shape index (κ1) is 14.0. The monoisotopic (exact) mass is 296 g/mol. The minimum atomic E-state index is 0.106. The Kier molecular flexibility index (Phi) is 4.17. The molecule has 1 aromatic carbocycles. The molecule has 1 aromatic heterocycles. The van der Waals surface area contributed by atoms with Gasteiger partial charge in [0.25, 0.3) is 0 Å². The van der Waals surface area contributed by atoms with E-state index in [4.69, 9.17) is 33.7 Å². The van der Waals surface area contributed by atoms with Crippen molar-refractivity contribution >= 4 is 29.0 Å². The predicted molar refractivity (Wildman–Crippen MR) is 79.9 cm³/mol. The predicted octanol–water partition coefficient (Wildman–Crippen LogP) is 4.42. The quantitative estimate of drug-likeness (QED) is 0.912. The lowest BCUT2D eigenvalue weighted by Gasteiger charge is -2.11. The molecule has 0 aliphatic rings. The number of nitrogen functional groups attached to an aromatic ring is 1. The number of ether oxygens (including phenoxy) is 1. The molecular weight excluding hydrogens is 283 g/mol. The van der Waals surface area contributed by atoms with Gasteiger partial charge in [-0.25, -0.2) is 4.98 Å². The van der Waals surface area contributed by atoms with Crippen LogP contribution in [0.1, 0.15) is 13.8 Å². The van der Waals surface area contributed by atoms with Gasteiger partial charge in [-0.1, -0.05) is 35.3 Å². The van der Waals surface area contributed by atoms with Crippen LogP contribution in [0.25, 0.3) is 11.3 Å². The summed E-state index contributed by atoms with van der Waals surface area (Å²) >= 11 is 12.0. The first-order chi connectivity index (χ1) is 8.97. The Bertz CT molecular complexity index is 600. The number of halogens is 2. The van der Waals surface area contributed by atoms with Crippen LogP contribution < -0.4 is 10.5 Å². The molecule has 0 saturated carbocycles. The van der Waals surface area contributed by atoms with E-state index in [2.05, 4.69) is 4.98 Å². The second-order valence-corrected chi connectivity index (χ2v) is 5.19. The van der Waals surface area contributed by atoms with Gasteiger partial charge < -0.3 is 10.5 Å². The molecule has 3 nitrogen and oxygen atoms in total. The lowest BCUT2D eigenvalue weighted by molar-refractivity contribution is 0.242. The SMILES string of the molecule is CC(C)Oc1cccc(-c2nc(N)c(Cl)cc2Cl)c1. The second-order valence-electron chi connectivity index (χ2n) is 4.38. The third-order valence-corrected chi connectivity index (χ3v) is 3.03. The van der Waals surface area contributed by atoms with Crippen LogP contribution in [0.4, 0.5) is 5.82 Å². The summed E-state index contributed by atoms with van der Waals surface area (Å²) in [6.45, 7) is 3.94. The molecule has 0 amide bonds. The van der Waals surface area contributed by atoms with E-state index in [-0.39, 0.29) is 11.9 Å². The molecule has 0 bridgehead atoms. The van der Waals surface area contributed by atoms with Crippen LogP contribution in [0.5, 0.6) is 5.75 Å². The zero-order valence-corrected chi connectivity index (χ0v) is 12.2. The average Bonchev–Trinajstić information content (AvgIpc) is 2.33. The fourth-order valence-corrected chi connectivity index (χ4v) is 2.14.